The van der Waals surface area contributed by atoms with Gasteiger partial charge in [-0.1, -0.05) is 54.6 Å². The topological polar surface area (TPSA) is 103 Å². The average Bonchev–Trinajstić information content (AvgIpc) is 3.61. The third-order valence-electron chi connectivity index (χ3n) is 5.44. The lowest BCUT2D eigenvalue weighted by atomic mass is 10.1. The van der Waals surface area contributed by atoms with Crippen molar-refractivity contribution in [2.24, 2.45) is 5.10 Å². The number of benzene rings is 3. The molecule has 3 aromatic carbocycles. The van der Waals surface area contributed by atoms with Crippen LogP contribution < -0.4 is 5.43 Å². The fourth-order valence-electron chi connectivity index (χ4n) is 3.49. The molecule has 0 aliphatic rings. The van der Waals surface area contributed by atoms with Gasteiger partial charge >= 0.3 is 0 Å². The van der Waals surface area contributed by atoms with Gasteiger partial charge in [0.05, 0.1) is 18.6 Å². The summed E-state index contributed by atoms with van der Waals surface area (Å²) in [5, 5.41) is 16.9. The van der Waals surface area contributed by atoms with Crippen molar-refractivity contribution in [3.63, 3.8) is 0 Å². The van der Waals surface area contributed by atoms with Crippen molar-refractivity contribution in [1.82, 2.24) is 35.2 Å². The van der Waals surface area contributed by atoms with Gasteiger partial charge in [0.1, 0.15) is 0 Å². The predicted octanol–water partition coefficient (Wildman–Crippen LogP) is 3.73. The first-order chi connectivity index (χ1) is 17.2. The summed E-state index contributed by atoms with van der Waals surface area (Å²) in [5.74, 6) is 0.294. The number of carbonyl (C=O) groups is 1. The molecule has 0 aliphatic heterocycles. The lowest BCUT2D eigenvalue weighted by Crippen LogP contribution is -2.19. The van der Waals surface area contributed by atoms with Crippen molar-refractivity contribution in [1.29, 1.82) is 0 Å². The highest BCUT2D eigenvalue weighted by Gasteiger charge is 2.08. The molecule has 0 bridgehead atoms. The van der Waals surface area contributed by atoms with Gasteiger partial charge in [-0.3, -0.25) is 4.79 Å². The molecule has 0 atom stereocenters. The highest BCUT2D eigenvalue weighted by molar-refractivity contribution is 6.01. The van der Waals surface area contributed by atoms with Crippen molar-refractivity contribution in [3.8, 4) is 17.1 Å². The average molecular weight is 463 g/mol. The third kappa shape index (κ3) is 5.19. The van der Waals surface area contributed by atoms with Gasteiger partial charge in [-0.05, 0) is 47.5 Å². The van der Waals surface area contributed by atoms with Gasteiger partial charge in [0, 0.05) is 29.2 Å². The minimum Gasteiger partial charge on any atom is -0.306 e. The van der Waals surface area contributed by atoms with Gasteiger partial charge in [-0.25, -0.2) is 10.4 Å². The van der Waals surface area contributed by atoms with E-state index in [4.69, 9.17) is 0 Å². The second-order valence-corrected chi connectivity index (χ2v) is 7.86. The molecule has 0 aliphatic carbocycles. The molecule has 1 N–H and O–H groups in total. The number of hydrazone groups is 1. The molecule has 0 unspecified atom stereocenters. The zero-order valence-corrected chi connectivity index (χ0v) is 19.0. The molecule has 35 heavy (non-hydrogen) atoms. The molecule has 0 saturated heterocycles. The second kappa shape index (κ2) is 9.92. The normalized spacial score (nSPS) is 11.4. The number of aromatic nitrogens is 6. The summed E-state index contributed by atoms with van der Waals surface area (Å²) >= 11 is 0. The summed E-state index contributed by atoms with van der Waals surface area (Å²) in [5.41, 5.74) is 7.63. The van der Waals surface area contributed by atoms with E-state index in [1.165, 1.54) is 4.80 Å². The van der Waals surface area contributed by atoms with E-state index < -0.39 is 0 Å². The molecule has 0 fully saturated rings. The standard InChI is InChI=1S/C26H22N8O/c1-19(21-11-13-24(14-12-21)33-16-15-27-18-33)28-30-26(35)23-9-7-20(8-10-23)17-34-31-25(29-32-34)22-5-3-2-4-6-22/h2-16,18H,17H2,1H3,(H,30,35). The van der Waals surface area contributed by atoms with Crippen LogP contribution in [0.1, 0.15) is 28.4 Å². The van der Waals surface area contributed by atoms with E-state index in [1.54, 1.807) is 24.7 Å². The number of amides is 1. The highest BCUT2D eigenvalue weighted by Crippen LogP contribution is 2.13. The van der Waals surface area contributed by atoms with E-state index in [2.05, 4.69) is 30.9 Å². The molecule has 172 valence electrons. The Balaban J connectivity index is 1.19. The Bertz CT molecular complexity index is 1440. The van der Waals surface area contributed by atoms with Crippen LogP contribution in [-0.4, -0.2) is 41.4 Å². The molecule has 5 aromatic rings. The Morgan fingerprint density at radius 3 is 2.40 bits per heavy atom. The molecule has 0 spiro atoms. The predicted molar refractivity (Wildman–Crippen MR) is 132 cm³/mol. The van der Waals surface area contributed by atoms with E-state index >= 15 is 0 Å². The van der Waals surface area contributed by atoms with Crippen molar-refractivity contribution < 1.29 is 4.79 Å². The summed E-state index contributed by atoms with van der Waals surface area (Å²) in [6.07, 6.45) is 5.35. The number of rotatable bonds is 7. The molecule has 9 nitrogen and oxygen atoms in total. The monoisotopic (exact) mass is 462 g/mol. The number of hydrogen-bond acceptors (Lipinski definition) is 6. The summed E-state index contributed by atoms with van der Waals surface area (Å²) < 4.78 is 1.92. The quantitative estimate of drug-likeness (QED) is 0.293. The van der Waals surface area contributed by atoms with Crippen LogP contribution in [-0.2, 0) is 6.54 Å². The fourth-order valence-corrected chi connectivity index (χ4v) is 3.49. The van der Waals surface area contributed by atoms with Gasteiger partial charge < -0.3 is 4.57 Å². The van der Waals surface area contributed by atoms with Gasteiger partial charge in [-0.15, -0.1) is 10.2 Å². The van der Waals surface area contributed by atoms with Crippen LogP contribution in [0.2, 0.25) is 0 Å². The lowest BCUT2D eigenvalue weighted by Gasteiger charge is -2.06. The molecule has 2 heterocycles. The number of imidazole rings is 1. The maximum atomic E-state index is 12.6. The first-order valence-corrected chi connectivity index (χ1v) is 11.0. The van der Waals surface area contributed by atoms with Crippen LogP contribution in [0.15, 0.2) is 103 Å². The van der Waals surface area contributed by atoms with E-state index in [0.717, 1.165) is 22.4 Å². The number of nitrogens with zero attached hydrogens (tertiary/aromatic N) is 7. The zero-order chi connectivity index (χ0) is 24.0. The van der Waals surface area contributed by atoms with Crippen LogP contribution >= 0.6 is 0 Å². The number of carbonyl (C=O) groups excluding carboxylic acids is 1. The molecule has 0 radical (unpaired) electrons. The molecule has 9 heteroatoms. The van der Waals surface area contributed by atoms with Gasteiger partial charge in [0.15, 0.2) is 0 Å². The Morgan fingerprint density at radius 1 is 0.943 bits per heavy atom. The molecule has 0 saturated carbocycles. The first-order valence-electron chi connectivity index (χ1n) is 11.0. The van der Waals surface area contributed by atoms with Crippen LogP contribution in [0.4, 0.5) is 0 Å². The smallest absolute Gasteiger partial charge is 0.271 e. The summed E-state index contributed by atoms with van der Waals surface area (Å²) in [4.78, 5) is 18.1. The lowest BCUT2D eigenvalue weighted by molar-refractivity contribution is 0.0955. The highest BCUT2D eigenvalue weighted by atomic mass is 16.2. The number of nitrogens with one attached hydrogen (secondary N) is 1. The van der Waals surface area contributed by atoms with Crippen LogP contribution in [0.5, 0.6) is 0 Å². The molecule has 2 aromatic heterocycles. The van der Waals surface area contributed by atoms with Crippen LogP contribution in [0, 0.1) is 0 Å². The van der Waals surface area contributed by atoms with Crippen LogP contribution in [0.3, 0.4) is 0 Å². The SMILES string of the molecule is CC(=NNC(=O)c1ccc(Cn2nnc(-c3ccccc3)n2)cc1)c1ccc(-n2ccnc2)cc1. The van der Waals surface area contributed by atoms with E-state index in [0.29, 0.717) is 23.6 Å². The first kappa shape index (κ1) is 21.9. The van der Waals surface area contributed by atoms with Gasteiger partial charge in [-0.2, -0.15) is 9.90 Å². The van der Waals surface area contributed by atoms with Crippen molar-refractivity contribution in [2.45, 2.75) is 13.5 Å². The maximum absolute atomic E-state index is 12.6. The summed E-state index contributed by atoms with van der Waals surface area (Å²) in [6.45, 7) is 2.30. The Hall–Kier alpha value is -4.92. The van der Waals surface area contributed by atoms with E-state index in [-0.39, 0.29) is 5.91 Å². The van der Waals surface area contributed by atoms with Crippen molar-refractivity contribution in [3.05, 3.63) is 114 Å². The van der Waals surface area contributed by atoms with Crippen molar-refractivity contribution >= 4 is 11.6 Å². The largest absolute Gasteiger partial charge is 0.306 e. The van der Waals surface area contributed by atoms with Gasteiger partial charge in [0.2, 0.25) is 5.82 Å². The molecular weight excluding hydrogens is 440 g/mol. The molecule has 5 rings (SSSR count). The summed E-state index contributed by atoms with van der Waals surface area (Å²) in [6, 6.07) is 24.8. The minimum atomic E-state index is -0.281. The van der Waals surface area contributed by atoms with E-state index in [1.807, 2.05) is 84.4 Å². The zero-order valence-electron chi connectivity index (χ0n) is 19.0. The maximum Gasteiger partial charge on any atom is 0.271 e. The second-order valence-electron chi connectivity index (χ2n) is 7.86. The fraction of sp³-hybridized carbons (Fsp3) is 0.0769. The van der Waals surface area contributed by atoms with E-state index in [9.17, 15) is 4.79 Å². The Kier molecular flexibility index (Phi) is 6.21. The molecular formula is C26H22N8O. The van der Waals surface area contributed by atoms with Crippen molar-refractivity contribution in [2.75, 3.05) is 0 Å². The number of tetrazole rings is 1. The van der Waals surface area contributed by atoms with Crippen LogP contribution in [0.25, 0.3) is 17.1 Å². The van der Waals surface area contributed by atoms with Gasteiger partial charge in [0.25, 0.3) is 5.91 Å². The molecule has 1 amide bonds. The Labute approximate surface area is 201 Å². The summed E-state index contributed by atoms with van der Waals surface area (Å²) in [7, 11) is 0. The third-order valence-corrected chi connectivity index (χ3v) is 5.44. The minimum absolute atomic E-state index is 0.281. The number of hydrogen-bond donors (Lipinski definition) is 1. The Morgan fingerprint density at radius 2 is 1.69 bits per heavy atom.